The first-order valence-electron chi connectivity index (χ1n) is 5.50. The molecule has 0 aliphatic carbocycles. The van der Waals surface area contributed by atoms with Crippen LogP contribution in [0.25, 0.3) is 16.1 Å². The predicted octanol–water partition coefficient (Wildman–Crippen LogP) is 3.73. The van der Waals surface area contributed by atoms with Gasteiger partial charge >= 0.3 is 110 Å². The van der Waals surface area contributed by atoms with Gasteiger partial charge in [0.15, 0.2) is 0 Å². The molecular weight excluding hydrogens is 301 g/mol. The first-order chi connectivity index (χ1) is 8.67. The van der Waals surface area contributed by atoms with Crippen molar-refractivity contribution in [3.63, 3.8) is 0 Å². The van der Waals surface area contributed by atoms with Gasteiger partial charge in [0.1, 0.15) is 0 Å². The summed E-state index contributed by atoms with van der Waals surface area (Å²) >= 11 is -0.0117. The van der Waals surface area contributed by atoms with Crippen LogP contribution in [0.15, 0.2) is 30.8 Å². The summed E-state index contributed by atoms with van der Waals surface area (Å²) < 4.78 is 34.6. The SMILES string of the molecule is C=Cc1ccc(-c2ccc(OCC)c(F)c2F)[se]1. The maximum absolute atomic E-state index is 13.9. The van der Waals surface area contributed by atoms with Crippen molar-refractivity contribution in [1.82, 2.24) is 0 Å². The molecule has 0 saturated carbocycles. The van der Waals surface area contributed by atoms with Crippen LogP contribution in [0.2, 0.25) is 0 Å². The average molecular weight is 313 g/mol. The number of hydrogen-bond donors (Lipinski definition) is 0. The van der Waals surface area contributed by atoms with E-state index >= 15 is 0 Å². The van der Waals surface area contributed by atoms with E-state index in [1.807, 2.05) is 12.1 Å². The maximum atomic E-state index is 13.9. The van der Waals surface area contributed by atoms with Crippen LogP contribution < -0.4 is 4.74 Å². The molecule has 2 aromatic rings. The molecule has 2 rings (SSSR count). The Hall–Kier alpha value is -1.38. The molecule has 0 saturated heterocycles. The van der Waals surface area contributed by atoms with Crippen LogP contribution in [0.3, 0.4) is 0 Å². The first-order valence-corrected chi connectivity index (χ1v) is 7.22. The van der Waals surface area contributed by atoms with Crippen molar-refractivity contribution in [2.75, 3.05) is 6.61 Å². The van der Waals surface area contributed by atoms with Crippen molar-refractivity contribution in [3.8, 4) is 15.8 Å². The van der Waals surface area contributed by atoms with Gasteiger partial charge in [0.05, 0.1) is 0 Å². The summed E-state index contributed by atoms with van der Waals surface area (Å²) in [7, 11) is 0. The van der Waals surface area contributed by atoms with Crippen molar-refractivity contribution >= 4 is 20.6 Å². The van der Waals surface area contributed by atoms with E-state index in [2.05, 4.69) is 6.58 Å². The first kappa shape index (κ1) is 13.1. The van der Waals surface area contributed by atoms with Crippen LogP contribution in [-0.4, -0.2) is 21.1 Å². The van der Waals surface area contributed by atoms with Crippen molar-refractivity contribution in [1.29, 1.82) is 0 Å². The zero-order valence-electron chi connectivity index (χ0n) is 9.87. The number of benzene rings is 1. The Morgan fingerprint density at radius 1 is 1.22 bits per heavy atom. The van der Waals surface area contributed by atoms with Gasteiger partial charge in [0.25, 0.3) is 0 Å². The normalized spacial score (nSPS) is 10.4. The molecule has 0 aliphatic rings. The Morgan fingerprint density at radius 3 is 2.61 bits per heavy atom. The Labute approximate surface area is 110 Å². The summed E-state index contributed by atoms with van der Waals surface area (Å²) in [6.45, 7) is 5.72. The summed E-state index contributed by atoms with van der Waals surface area (Å²) in [4.78, 5) is 0. The molecule has 0 bridgehead atoms. The van der Waals surface area contributed by atoms with Crippen molar-refractivity contribution < 1.29 is 13.5 Å². The second kappa shape index (κ2) is 5.51. The molecule has 0 N–H and O–H groups in total. The van der Waals surface area contributed by atoms with Crippen molar-refractivity contribution in [2.45, 2.75) is 6.92 Å². The molecule has 1 nitrogen and oxygen atoms in total. The van der Waals surface area contributed by atoms with Gasteiger partial charge in [-0.1, -0.05) is 0 Å². The molecular formula is C14H12F2OSe. The third kappa shape index (κ3) is 2.40. The zero-order chi connectivity index (χ0) is 13.1. The van der Waals surface area contributed by atoms with Crippen LogP contribution >= 0.6 is 0 Å². The topological polar surface area (TPSA) is 9.23 Å². The van der Waals surface area contributed by atoms with E-state index in [-0.39, 0.29) is 20.3 Å². The van der Waals surface area contributed by atoms with E-state index < -0.39 is 11.6 Å². The molecule has 94 valence electrons. The Balaban J connectivity index is 2.46. The molecule has 0 aliphatic heterocycles. The Kier molecular flexibility index (Phi) is 4.00. The van der Waals surface area contributed by atoms with Gasteiger partial charge in [0, 0.05) is 0 Å². The van der Waals surface area contributed by atoms with E-state index in [0.29, 0.717) is 12.2 Å². The second-order valence-electron chi connectivity index (χ2n) is 3.58. The number of rotatable bonds is 4. The molecule has 0 unspecified atom stereocenters. The Morgan fingerprint density at radius 2 is 2.00 bits per heavy atom. The average Bonchev–Trinajstić information content (AvgIpc) is 2.84. The van der Waals surface area contributed by atoms with Gasteiger partial charge in [-0.2, -0.15) is 0 Å². The van der Waals surface area contributed by atoms with Crippen LogP contribution in [0, 0.1) is 11.6 Å². The molecule has 4 heteroatoms. The van der Waals surface area contributed by atoms with Crippen LogP contribution in [0.4, 0.5) is 8.78 Å². The van der Waals surface area contributed by atoms with Gasteiger partial charge in [-0.15, -0.1) is 0 Å². The third-order valence-electron chi connectivity index (χ3n) is 2.44. The summed E-state index contributed by atoms with van der Waals surface area (Å²) in [5, 5.41) is 0. The molecule has 0 spiro atoms. The van der Waals surface area contributed by atoms with E-state index in [4.69, 9.17) is 4.74 Å². The minimum atomic E-state index is -0.918. The fourth-order valence-corrected chi connectivity index (χ4v) is 3.44. The van der Waals surface area contributed by atoms with E-state index in [0.717, 1.165) is 8.87 Å². The standard InChI is InChI=1S/C14H12F2OSe/c1-3-9-5-8-12(18-9)10-6-7-11(17-4-2)14(16)13(10)15/h3,5-8H,1,4H2,2H3. The van der Waals surface area contributed by atoms with E-state index in [1.165, 1.54) is 6.07 Å². The minimum absolute atomic E-state index is 0.0117. The second-order valence-corrected chi connectivity index (χ2v) is 5.92. The summed E-state index contributed by atoms with van der Waals surface area (Å²) in [5.74, 6) is -1.80. The number of hydrogen-bond acceptors (Lipinski definition) is 1. The molecule has 0 fully saturated rings. The van der Waals surface area contributed by atoms with Gasteiger partial charge < -0.3 is 0 Å². The van der Waals surface area contributed by atoms with Gasteiger partial charge in [-0.3, -0.25) is 0 Å². The predicted molar refractivity (Wildman–Crippen MR) is 70.0 cm³/mol. The van der Waals surface area contributed by atoms with Gasteiger partial charge in [-0.25, -0.2) is 0 Å². The van der Waals surface area contributed by atoms with E-state index in [9.17, 15) is 8.78 Å². The van der Waals surface area contributed by atoms with Crippen molar-refractivity contribution in [2.24, 2.45) is 0 Å². The van der Waals surface area contributed by atoms with Gasteiger partial charge in [-0.05, 0) is 0 Å². The molecule has 1 aromatic heterocycles. The Bertz CT molecular complexity index is 575. The van der Waals surface area contributed by atoms with Crippen LogP contribution in [0.1, 0.15) is 11.4 Å². The third-order valence-corrected chi connectivity index (χ3v) is 4.78. The summed E-state index contributed by atoms with van der Waals surface area (Å²) in [5.41, 5.74) is 0.309. The molecule has 0 radical (unpaired) electrons. The molecule has 18 heavy (non-hydrogen) atoms. The summed E-state index contributed by atoms with van der Waals surface area (Å²) in [6, 6.07) is 6.74. The van der Waals surface area contributed by atoms with Gasteiger partial charge in [0.2, 0.25) is 0 Å². The zero-order valence-corrected chi connectivity index (χ0v) is 11.6. The van der Waals surface area contributed by atoms with Crippen molar-refractivity contribution in [3.05, 3.63) is 46.9 Å². The van der Waals surface area contributed by atoms with E-state index in [1.54, 1.807) is 19.1 Å². The monoisotopic (exact) mass is 314 g/mol. The number of ether oxygens (including phenoxy) is 1. The number of halogens is 2. The quantitative estimate of drug-likeness (QED) is 0.782. The van der Waals surface area contributed by atoms with Crippen LogP contribution in [-0.2, 0) is 0 Å². The molecule has 1 aromatic carbocycles. The summed E-state index contributed by atoms with van der Waals surface area (Å²) in [6.07, 6.45) is 1.74. The fraction of sp³-hybridized carbons (Fsp3) is 0.143. The fourth-order valence-electron chi connectivity index (χ4n) is 1.60. The molecule has 0 amide bonds. The molecule has 1 heterocycles. The van der Waals surface area contributed by atoms with Crippen LogP contribution in [0.5, 0.6) is 5.75 Å². The molecule has 0 atom stereocenters.